The maximum atomic E-state index is 13.1. The van der Waals surface area contributed by atoms with Gasteiger partial charge < -0.3 is 10.4 Å². The number of carboxylic acids is 1. The molecular formula is C30H36N2O3S. The third-order valence-electron chi connectivity index (χ3n) is 5.90. The molecule has 0 radical (unpaired) electrons. The van der Waals surface area contributed by atoms with Crippen LogP contribution in [0, 0.1) is 0 Å². The van der Waals surface area contributed by atoms with Crippen molar-refractivity contribution in [2.24, 2.45) is 0 Å². The van der Waals surface area contributed by atoms with Crippen molar-refractivity contribution >= 4 is 29.4 Å². The molecule has 0 unspecified atom stereocenters. The highest BCUT2D eigenvalue weighted by Crippen LogP contribution is 2.30. The number of urea groups is 1. The number of amides is 2. The van der Waals surface area contributed by atoms with Gasteiger partial charge in [0.1, 0.15) is 0 Å². The van der Waals surface area contributed by atoms with E-state index < -0.39 is 5.97 Å². The fourth-order valence-electron chi connectivity index (χ4n) is 4.00. The second kappa shape index (κ2) is 15.0. The SMILES string of the molecule is CCCCCCCN(C(=O)NCCc1ccccc1)c1ccc(Sc2cccc(CC(=O)O)c2)cc1. The summed E-state index contributed by atoms with van der Waals surface area (Å²) < 4.78 is 0. The molecule has 0 bridgehead atoms. The Labute approximate surface area is 218 Å². The molecule has 36 heavy (non-hydrogen) atoms. The Kier molecular flexibility index (Phi) is 11.4. The van der Waals surface area contributed by atoms with Crippen LogP contribution in [-0.4, -0.2) is 30.2 Å². The van der Waals surface area contributed by atoms with Crippen molar-refractivity contribution < 1.29 is 14.7 Å². The Bertz CT molecular complexity index is 1090. The minimum atomic E-state index is -0.835. The normalized spacial score (nSPS) is 10.7. The third-order valence-corrected chi connectivity index (χ3v) is 6.90. The molecule has 3 rings (SSSR count). The highest BCUT2D eigenvalue weighted by Gasteiger charge is 2.15. The van der Waals surface area contributed by atoms with Crippen LogP contribution in [0.15, 0.2) is 88.7 Å². The van der Waals surface area contributed by atoms with Gasteiger partial charge in [0.25, 0.3) is 0 Å². The van der Waals surface area contributed by atoms with E-state index in [0.717, 1.165) is 40.3 Å². The van der Waals surface area contributed by atoms with Gasteiger partial charge in [-0.1, -0.05) is 86.8 Å². The lowest BCUT2D eigenvalue weighted by atomic mass is 10.1. The van der Waals surface area contributed by atoms with Crippen molar-refractivity contribution in [2.45, 2.75) is 61.7 Å². The summed E-state index contributed by atoms with van der Waals surface area (Å²) in [6.07, 6.45) is 6.51. The number of carboxylic acid groups (broad SMARTS) is 1. The monoisotopic (exact) mass is 504 g/mol. The van der Waals surface area contributed by atoms with Crippen LogP contribution < -0.4 is 10.2 Å². The van der Waals surface area contributed by atoms with Gasteiger partial charge in [-0.3, -0.25) is 9.69 Å². The van der Waals surface area contributed by atoms with Crippen molar-refractivity contribution in [3.8, 4) is 0 Å². The first-order valence-electron chi connectivity index (χ1n) is 12.7. The molecular weight excluding hydrogens is 468 g/mol. The molecule has 2 amide bonds. The van der Waals surface area contributed by atoms with E-state index in [1.165, 1.54) is 24.8 Å². The highest BCUT2D eigenvalue weighted by atomic mass is 32.2. The van der Waals surface area contributed by atoms with Crippen LogP contribution in [-0.2, 0) is 17.6 Å². The van der Waals surface area contributed by atoms with Gasteiger partial charge in [-0.05, 0) is 60.4 Å². The summed E-state index contributed by atoms with van der Waals surface area (Å²) in [7, 11) is 0. The van der Waals surface area contributed by atoms with Crippen molar-refractivity contribution in [1.82, 2.24) is 5.32 Å². The van der Waals surface area contributed by atoms with E-state index in [9.17, 15) is 9.59 Å². The fraction of sp³-hybridized carbons (Fsp3) is 0.333. The zero-order valence-corrected chi connectivity index (χ0v) is 21.8. The van der Waals surface area contributed by atoms with Gasteiger partial charge in [0, 0.05) is 28.6 Å². The van der Waals surface area contributed by atoms with E-state index >= 15 is 0 Å². The van der Waals surface area contributed by atoms with Crippen LogP contribution in [0.5, 0.6) is 0 Å². The molecule has 0 saturated carbocycles. The van der Waals surface area contributed by atoms with Crippen LogP contribution in [0.1, 0.15) is 50.2 Å². The summed E-state index contributed by atoms with van der Waals surface area (Å²) in [4.78, 5) is 28.0. The molecule has 3 aromatic carbocycles. The minimum absolute atomic E-state index is 0.0138. The number of hydrogen-bond donors (Lipinski definition) is 2. The predicted octanol–water partition coefficient (Wildman–Crippen LogP) is 7.19. The van der Waals surface area contributed by atoms with E-state index in [-0.39, 0.29) is 12.5 Å². The lowest BCUT2D eigenvalue weighted by Gasteiger charge is -2.24. The van der Waals surface area contributed by atoms with Crippen LogP contribution in [0.4, 0.5) is 10.5 Å². The quantitative estimate of drug-likeness (QED) is 0.228. The lowest BCUT2D eigenvalue weighted by Crippen LogP contribution is -2.41. The Morgan fingerprint density at radius 3 is 2.28 bits per heavy atom. The first kappa shape index (κ1) is 27.3. The number of hydrogen-bond acceptors (Lipinski definition) is 3. The Hall–Kier alpha value is -3.25. The van der Waals surface area contributed by atoms with Crippen molar-refractivity contribution in [2.75, 3.05) is 18.0 Å². The number of carbonyl (C=O) groups excluding carboxylic acids is 1. The molecule has 3 aromatic rings. The molecule has 6 heteroatoms. The highest BCUT2D eigenvalue weighted by molar-refractivity contribution is 7.99. The molecule has 0 saturated heterocycles. The molecule has 0 atom stereocenters. The Morgan fingerprint density at radius 1 is 0.833 bits per heavy atom. The van der Waals surface area contributed by atoms with Gasteiger partial charge >= 0.3 is 12.0 Å². The van der Waals surface area contributed by atoms with E-state index in [4.69, 9.17) is 5.11 Å². The number of carbonyl (C=O) groups is 2. The average Bonchev–Trinajstić information content (AvgIpc) is 2.87. The number of rotatable bonds is 14. The topological polar surface area (TPSA) is 69.6 Å². The maximum absolute atomic E-state index is 13.1. The van der Waals surface area contributed by atoms with Gasteiger partial charge in [-0.15, -0.1) is 0 Å². The molecule has 0 fully saturated rings. The zero-order chi connectivity index (χ0) is 25.6. The number of nitrogens with zero attached hydrogens (tertiary/aromatic N) is 1. The number of unbranched alkanes of at least 4 members (excludes halogenated alkanes) is 4. The van der Waals surface area contributed by atoms with Crippen molar-refractivity contribution in [3.63, 3.8) is 0 Å². The second-order valence-corrected chi connectivity index (χ2v) is 9.99. The molecule has 0 spiro atoms. The predicted molar refractivity (Wildman–Crippen MR) is 148 cm³/mol. The third kappa shape index (κ3) is 9.42. The minimum Gasteiger partial charge on any atom is -0.481 e. The van der Waals surface area contributed by atoms with Gasteiger partial charge in [0.15, 0.2) is 0 Å². The first-order valence-corrected chi connectivity index (χ1v) is 13.5. The average molecular weight is 505 g/mol. The van der Waals surface area contributed by atoms with Gasteiger partial charge in [0.2, 0.25) is 0 Å². The summed E-state index contributed by atoms with van der Waals surface area (Å²) in [6, 6.07) is 25.7. The van der Waals surface area contributed by atoms with Crippen LogP contribution in [0.3, 0.4) is 0 Å². The van der Waals surface area contributed by atoms with E-state index in [1.807, 2.05) is 71.6 Å². The Balaban J connectivity index is 1.63. The summed E-state index contributed by atoms with van der Waals surface area (Å²) in [5.74, 6) is -0.835. The smallest absolute Gasteiger partial charge is 0.321 e. The zero-order valence-electron chi connectivity index (χ0n) is 21.0. The van der Waals surface area contributed by atoms with Gasteiger partial charge in [0.05, 0.1) is 6.42 Å². The number of anilines is 1. The number of nitrogens with one attached hydrogen (secondary N) is 1. The van der Waals surface area contributed by atoms with Crippen LogP contribution in [0.2, 0.25) is 0 Å². The standard InChI is InChI=1S/C30H36N2O3S/c1-2-3-4-5-9-21-32(30(35)31-20-19-24-11-7-6-8-12-24)26-15-17-27(18-16-26)36-28-14-10-13-25(22-28)23-29(33)34/h6-8,10-18,22H,2-5,9,19-21,23H2,1H3,(H,31,35)(H,33,34). The molecule has 0 aliphatic carbocycles. The summed E-state index contributed by atoms with van der Waals surface area (Å²) in [5.41, 5.74) is 2.87. The maximum Gasteiger partial charge on any atom is 0.321 e. The summed E-state index contributed by atoms with van der Waals surface area (Å²) in [6.45, 7) is 3.48. The van der Waals surface area contributed by atoms with Crippen molar-refractivity contribution in [1.29, 1.82) is 0 Å². The van der Waals surface area contributed by atoms with Crippen LogP contribution >= 0.6 is 11.8 Å². The largest absolute Gasteiger partial charge is 0.481 e. The molecule has 190 valence electrons. The number of benzene rings is 3. The van der Waals surface area contributed by atoms with E-state index in [2.05, 4.69) is 24.4 Å². The second-order valence-electron chi connectivity index (χ2n) is 8.85. The Morgan fingerprint density at radius 2 is 1.56 bits per heavy atom. The van der Waals surface area contributed by atoms with E-state index in [0.29, 0.717) is 13.1 Å². The fourth-order valence-corrected chi connectivity index (χ4v) is 4.90. The number of aliphatic carboxylic acids is 1. The molecule has 0 aliphatic rings. The van der Waals surface area contributed by atoms with Gasteiger partial charge in [-0.25, -0.2) is 4.79 Å². The van der Waals surface area contributed by atoms with Gasteiger partial charge in [-0.2, -0.15) is 0 Å². The lowest BCUT2D eigenvalue weighted by molar-refractivity contribution is -0.136. The molecule has 0 aliphatic heterocycles. The molecule has 2 N–H and O–H groups in total. The summed E-state index contributed by atoms with van der Waals surface area (Å²) in [5, 5.41) is 12.1. The van der Waals surface area contributed by atoms with E-state index in [1.54, 1.807) is 11.8 Å². The molecule has 5 nitrogen and oxygen atoms in total. The van der Waals surface area contributed by atoms with Crippen molar-refractivity contribution in [3.05, 3.63) is 90.0 Å². The first-order chi connectivity index (χ1) is 17.5. The molecule has 0 heterocycles. The molecule has 0 aromatic heterocycles. The summed E-state index contributed by atoms with van der Waals surface area (Å²) >= 11 is 1.58. The van der Waals surface area contributed by atoms with Crippen LogP contribution in [0.25, 0.3) is 0 Å².